The summed E-state index contributed by atoms with van der Waals surface area (Å²) in [6, 6.07) is 6.24. The van der Waals surface area contributed by atoms with Crippen molar-refractivity contribution in [1.82, 2.24) is 4.98 Å². The summed E-state index contributed by atoms with van der Waals surface area (Å²) in [5.41, 5.74) is 1.27. The van der Waals surface area contributed by atoms with Gasteiger partial charge in [0, 0.05) is 17.8 Å². The molecular formula is C13H10Cl2FNO. The number of pyridine rings is 1. The fourth-order valence-electron chi connectivity index (χ4n) is 1.37. The van der Waals surface area contributed by atoms with Gasteiger partial charge in [-0.15, -0.1) is 0 Å². The zero-order chi connectivity index (χ0) is 13.1. The molecule has 0 aliphatic rings. The Labute approximate surface area is 114 Å². The molecule has 1 heterocycles. The standard InChI is InChI=1S/C13H10Cl2FNO/c1-8-2-3-10(4-12(8)16)18-7-9-6-17-13(15)5-11(9)14/h2-6H,7H2,1H3. The molecule has 0 spiro atoms. The molecule has 0 aliphatic carbocycles. The van der Waals surface area contributed by atoms with Crippen LogP contribution in [0.5, 0.6) is 5.75 Å². The second-order valence-corrected chi connectivity index (χ2v) is 4.59. The molecule has 1 aromatic carbocycles. The van der Waals surface area contributed by atoms with E-state index in [9.17, 15) is 4.39 Å². The molecule has 0 fully saturated rings. The van der Waals surface area contributed by atoms with Crippen molar-refractivity contribution in [1.29, 1.82) is 0 Å². The van der Waals surface area contributed by atoms with Gasteiger partial charge in [-0.2, -0.15) is 0 Å². The van der Waals surface area contributed by atoms with Gasteiger partial charge < -0.3 is 4.74 Å². The van der Waals surface area contributed by atoms with Crippen LogP contribution in [0.1, 0.15) is 11.1 Å². The van der Waals surface area contributed by atoms with Gasteiger partial charge in [-0.05, 0) is 24.6 Å². The number of rotatable bonds is 3. The second kappa shape index (κ2) is 5.55. The molecule has 0 radical (unpaired) electrons. The highest BCUT2D eigenvalue weighted by Gasteiger charge is 2.05. The van der Waals surface area contributed by atoms with Gasteiger partial charge in [0.2, 0.25) is 0 Å². The summed E-state index contributed by atoms with van der Waals surface area (Å²) in [4.78, 5) is 3.91. The van der Waals surface area contributed by atoms with Crippen molar-refractivity contribution in [3.63, 3.8) is 0 Å². The Bertz CT molecular complexity index is 575. The van der Waals surface area contributed by atoms with Crippen LogP contribution in [0.15, 0.2) is 30.5 Å². The third-order valence-electron chi connectivity index (χ3n) is 2.43. The normalized spacial score (nSPS) is 10.4. The summed E-state index contributed by atoms with van der Waals surface area (Å²) < 4.78 is 18.7. The first-order valence-electron chi connectivity index (χ1n) is 5.25. The maximum atomic E-state index is 13.3. The number of benzene rings is 1. The molecule has 0 N–H and O–H groups in total. The van der Waals surface area contributed by atoms with Crippen LogP contribution in [0.25, 0.3) is 0 Å². The average molecular weight is 286 g/mol. The summed E-state index contributed by atoms with van der Waals surface area (Å²) in [6.45, 7) is 1.91. The molecule has 2 rings (SSSR count). The highest BCUT2D eigenvalue weighted by molar-refractivity contribution is 6.34. The van der Waals surface area contributed by atoms with E-state index in [1.54, 1.807) is 19.1 Å². The van der Waals surface area contributed by atoms with Gasteiger partial charge in [0.15, 0.2) is 0 Å². The largest absolute Gasteiger partial charge is 0.489 e. The van der Waals surface area contributed by atoms with Crippen molar-refractivity contribution < 1.29 is 9.13 Å². The number of ether oxygens (including phenoxy) is 1. The minimum atomic E-state index is -0.298. The minimum absolute atomic E-state index is 0.214. The summed E-state index contributed by atoms with van der Waals surface area (Å²) in [6.07, 6.45) is 1.54. The highest BCUT2D eigenvalue weighted by Crippen LogP contribution is 2.21. The van der Waals surface area contributed by atoms with Crippen molar-refractivity contribution in [2.75, 3.05) is 0 Å². The van der Waals surface area contributed by atoms with Gasteiger partial charge in [0.25, 0.3) is 0 Å². The number of hydrogen-bond acceptors (Lipinski definition) is 2. The SMILES string of the molecule is Cc1ccc(OCc2cnc(Cl)cc2Cl)cc1F. The Balaban J connectivity index is 2.09. The van der Waals surface area contributed by atoms with Crippen molar-refractivity contribution in [3.05, 3.63) is 57.6 Å². The highest BCUT2D eigenvalue weighted by atomic mass is 35.5. The predicted octanol–water partition coefficient (Wildman–Crippen LogP) is 4.41. The van der Waals surface area contributed by atoms with E-state index in [2.05, 4.69) is 4.98 Å². The van der Waals surface area contributed by atoms with E-state index in [-0.39, 0.29) is 12.4 Å². The third kappa shape index (κ3) is 3.12. The predicted molar refractivity (Wildman–Crippen MR) is 69.7 cm³/mol. The minimum Gasteiger partial charge on any atom is -0.489 e. The molecule has 1 aromatic heterocycles. The molecule has 0 unspecified atom stereocenters. The lowest BCUT2D eigenvalue weighted by molar-refractivity contribution is 0.304. The molecule has 2 nitrogen and oxygen atoms in total. The van der Waals surface area contributed by atoms with E-state index in [4.69, 9.17) is 27.9 Å². The van der Waals surface area contributed by atoms with Gasteiger partial charge >= 0.3 is 0 Å². The first-order chi connectivity index (χ1) is 8.56. The van der Waals surface area contributed by atoms with E-state index in [1.165, 1.54) is 18.3 Å². The Kier molecular flexibility index (Phi) is 4.04. The zero-order valence-electron chi connectivity index (χ0n) is 9.58. The van der Waals surface area contributed by atoms with Gasteiger partial charge in [0.1, 0.15) is 23.3 Å². The zero-order valence-corrected chi connectivity index (χ0v) is 11.1. The molecule has 0 bridgehead atoms. The van der Waals surface area contributed by atoms with E-state index < -0.39 is 0 Å². The molecule has 0 saturated carbocycles. The maximum absolute atomic E-state index is 13.3. The van der Waals surface area contributed by atoms with Crippen molar-refractivity contribution in [2.45, 2.75) is 13.5 Å². The van der Waals surface area contributed by atoms with Crippen LogP contribution in [0.3, 0.4) is 0 Å². The van der Waals surface area contributed by atoms with Crippen LogP contribution < -0.4 is 4.74 Å². The van der Waals surface area contributed by atoms with E-state index >= 15 is 0 Å². The second-order valence-electron chi connectivity index (χ2n) is 3.80. The number of aromatic nitrogens is 1. The van der Waals surface area contributed by atoms with Crippen LogP contribution >= 0.6 is 23.2 Å². The molecule has 0 amide bonds. The molecule has 0 atom stereocenters. The summed E-state index contributed by atoms with van der Waals surface area (Å²) >= 11 is 11.7. The van der Waals surface area contributed by atoms with Crippen LogP contribution in [0.4, 0.5) is 4.39 Å². The van der Waals surface area contributed by atoms with Crippen LogP contribution in [0, 0.1) is 12.7 Å². The summed E-state index contributed by atoms with van der Waals surface area (Å²) in [7, 11) is 0. The van der Waals surface area contributed by atoms with Crippen LogP contribution in [-0.2, 0) is 6.61 Å². The first-order valence-corrected chi connectivity index (χ1v) is 6.01. The summed E-state index contributed by atoms with van der Waals surface area (Å²) in [5.74, 6) is 0.150. The van der Waals surface area contributed by atoms with E-state index in [0.717, 1.165) is 0 Å². The monoisotopic (exact) mass is 285 g/mol. The number of nitrogens with zero attached hydrogens (tertiary/aromatic N) is 1. The fourth-order valence-corrected chi connectivity index (χ4v) is 1.79. The van der Waals surface area contributed by atoms with Crippen molar-refractivity contribution in [3.8, 4) is 5.75 Å². The molecular weight excluding hydrogens is 276 g/mol. The van der Waals surface area contributed by atoms with Gasteiger partial charge in [-0.1, -0.05) is 29.3 Å². The van der Waals surface area contributed by atoms with Crippen molar-refractivity contribution >= 4 is 23.2 Å². The van der Waals surface area contributed by atoms with Crippen LogP contribution in [-0.4, -0.2) is 4.98 Å². The Morgan fingerprint density at radius 2 is 2.06 bits per heavy atom. The molecule has 94 valence electrons. The smallest absolute Gasteiger partial charge is 0.130 e. The Hall–Kier alpha value is -1.32. The van der Waals surface area contributed by atoms with Gasteiger partial charge in [-0.3, -0.25) is 0 Å². The quantitative estimate of drug-likeness (QED) is 0.779. The maximum Gasteiger partial charge on any atom is 0.130 e. The van der Waals surface area contributed by atoms with E-state index in [0.29, 0.717) is 27.1 Å². The Morgan fingerprint density at radius 1 is 1.28 bits per heavy atom. The first kappa shape index (κ1) is 13.1. The lowest BCUT2D eigenvalue weighted by atomic mass is 10.2. The third-order valence-corrected chi connectivity index (χ3v) is 2.99. The number of aryl methyl sites for hydroxylation is 1. The topological polar surface area (TPSA) is 22.1 Å². The average Bonchev–Trinajstić information content (AvgIpc) is 2.32. The van der Waals surface area contributed by atoms with Crippen LogP contribution in [0.2, 0.25) is 10.2 Å². The van der Waals surface area contributed by atoms with E-state index in [1.807, 2.05) is 0 Å². The molecule has 5 heteroatoms. The van der Waals surface area contributed by atoms with Crippen molar-refractivity contribution in [2.24, 2.45) is 0 Å². The molecule has 18 heavy (non-hydrogen) atoms. The lowest BCUT2D eigenvalue weighted by Crippen LogP contribution is -1.98. The van der Waals surface area contributed by atoms with Gasteiger partial charge in [-0.25, -0.2) is 9.37 Å². The van der Waals surface area contributed by atoms with Gasteiger partial charge in [0.05, 0.1) is 5.02 Å². The molecule has 2 aromatic rings. The molecule has 0 aliphatic heterocycles. The lowest BCUT2D eigenvalue weighted by Gasteiger charge is -2.08. The number of hydrogen-bond donors (Lipinski definition) is 0. The summed E-state index contributed by atoms with van der Waals surface area (Å²) in [5, 5.41) is 0.799. The molecule has 0 saturated heterocycles. The number of halogens is 3. The Morgan fingerprint density at radius 3 is 2.72 bits per heavy atom. The fraction of sp³-hybridized carbons (Fsp3) is 0.154.